The third kappa shape index (κ3) is 5.26. The Kier molecular flexibility index (Phi) is 6.95. The van der Waals surface area contributed by atoms with Crippen LogP contribution >= 0.6 is 11.6 Å². The van der Waals surface area contributed by atoms with Gasteiger partial charge in [-0.05, 0) is 42.2 Å². The first-order valence-corrected chi connectivity index (χ1v) is 7.05. The first-order valence-electron chi connectivity index (χ1n) is 6.68. The average molecular weight is 298 g/mol. The molecule has 21 heavy (non-hydrogen) atoms. The van der Waals surface area contributed by atoms with Gasteiger partial charge in [-0.2, -0.15) is 10.5 Å². The molecule has 2 rings (SSSR count). The second-order valence-corrected chi connectivity index (χ2v) is 4.70. The number of nitrogens with zero attached hydrogens (tertiary/aromatic N) is 3. The highest BCUT2D eigenvalue weighted by Crippen LogP contribution is 2.17. The van der Waals surface area contributed by atoms with Crippen molar-refractivity contribution in [2.75, 3.05) is 0 Å². The summed E-state index contributed by atoms with van der Waals surface area (Å²) in [6.07, 6.45) is 3.61. The van der Waals surface area contributed by atoms with Crippen molar-refractivity contribution in [1.82, 2.24) is 4.98 Å². The number of aromatic nitrogens is 1. The number of hydrogen-bond acceptors (Lipinski definition) is 3. The number of aryl methyl sites for hydroxylation is 2. The summed E-state index contributed by atoms with van der Waals surface area (Å²) in [5.41, 5.74) is 3.36. The summed E-state index contributed by atoms with van der Waals surface area (Å²) in [7, 11) is 0. The zero-order chi connectivity index (χ0) is 15.7. The van der Waals surface area contributed by atoms with E-state index in [1.54, 1.807) is 24.4 Å². The second-order valence-electron chi connectivity index (χ2n) is 4.29. The van der Waals surface area contributed by atoms with Crippen molar-refractivity contribution in [2.45, 2.75) is 26.7 Å². The van der Waals surface area contributed by atoms with Crippen molar-refractivity contribution in [2.24, 2.45) is 0 Å². The number of nitriles is 2. The van der Waals surface area contributed by atoms with Crippen LogP contribution in [0.2, 0.25) is 5.02 Å². The Morgan fingerprint density at radius 1 is 1.05 bits per heavy atom. The second kappa shape index (κ2) is 8.74. The molecule has 0 spiro atoms. The molecular formula is C17H16ClN3. The van der Waals surface area contributed by atoms with E-state index in [1.165, 1.54) is 5.56 Å². The molecule has 0 atom stereocenters. The highest BCUT2D eigenvalue weighted by Gasteiger charge is 1.98. The Bertz CT molecular complexity index is 664. The zero-order valence-electron chi connectivity index (χ0n) is 12.1. The minimum absolute atomic E-state index is 0.484. The van der Waals surface area contributed by atoms with Crippen molar-refractivity contribution in [3.05, 3.63) is 63.9 Å². The first kappa shape index (κ1) is 16.7. The monoisotopic (exact) mass is 297 g/mol. The Hall–Kier alpha value is -2.36. The van der Waals surface area contributed by atoms with Gasteiger partial charge >= 0.3 is 0 Å². The summed E-state index contributed by atoms with van der Waals surface area (Å²) in [6, 6.07) is 13.0. The molecule has 0 bridgehead atoms. The van der Waals surface area contributed by atoms with Gasteiger partial charge in [-0.3, -0.25) is 0 Å². The molecule has 0 aliphatic carbocycles. The Morgan fingerprint density at radius 2 is 1.81 bits per heavy atom. The first-order chi connectivity index (χ1) is 10.1. The van der Waals surface area contributed by atoms with Crippen molar-refractivity contribution in [3.63, 3.8) is 0 Å². The molecule has 0 saturated carbocycles. The van der Waals surface area contributed by atoms with Gasteiger partial charge in [0, 0.05) is 11.2 Å². The predicted octanol–water partition coefficient (Wildman–Crippen LogP) is 4.29. The van der Waals surface area contributed by atoms with Crippen LogP contribution < -0.4 is 0 Å². The standard InChI is InChI=1S/C9H8ClN.C8H8N2/c1-2-8-4-3-7(6-11)5-9(8)10;1-2-7-3-4-8(5-9)10-6-7/h3-5H,2H2,1H3;3-4,6H,2H2,1H3. The summed E-state index contributed by atoms with van der Waals surface area (Å²) >= 11 is 5.86. The van der Waals surface area contributed by atoms with Gasteiger partial charge in [-0.15, -0.1) is 0 Å². The highest BCUT2D eigenvalue weighted by molar-refractivity contribution is 6.31. The number of hydrogen-bond donors (Lipinski definition) is 0. The summed E-state index contributed by atoms with van der Waals surface area (Å²) in [4.78, 5) is 3.91. The summed E-state index contributed by atoms with van der Waals surface area (Å²) < 4.78 is 0. The molecule has 0 aliphatic rings. The van der Waals surface area contributed by atoms with Crippen LogP contribution in [0.4, 0.5) is 0 Å². The van der Waals surface area contributed by atoms with Gasteiger partial charge in [0.25, 0.3) is 0 Å². The molecule has 106 valence electrons. The molecule has 0 amide bonds. The van der Waals surface area contributed by atoms with Crippen molar-refractivity contribution in [3.8, 4) is 12.1 Å². The fourth-order valence-corrected chi connectivity index (χ4v) is 1.92. The van der Waals surface area contributed by atoms with E-state index in [-0.39, 0.29) is 0 Å². The normalized spacial score (nSPS) is 9.00. The van der Waals surface area contributed by atoms with Gasteiger partial charge < -0.3 is 0 Å². The quantitative estimate of drug-likeness (QED) is 0.830. The zero-order valence-corrected chi connectivity index (χ0v) is 12.9. The van der Waals surface area contributed by atoms with Crippen LogP contribution in [0.25, 0.3) is 0 Å². The topological polar surface area (TPSA) is 60.5 Å². The fourth-order valence-electron chi connectivity index (χ4n) is 1.60. The molecule has 1 aromatic carbocycles. The number of pyridine rings is 1. The van der Waals surface area contributed by atoms with Gasteiger partial charge in [-0.1, -0.05) is 37.6 Å². The van der Waals surface area contributed by atoms with Gasteiger partial charge in [-0.25, -0.2) is 4.98 Å². The van der Waals surface area contributed by atoms with Crippen LogP contribution in [0.3, 0.4) is 0 Å². The van der Waals surface area contributed by atoms with E-state index < -0.39 is 0 Å². The van der Waals surface area contributed by atoms with E-state index in [9.17, 15) is 0 Å². The minimum atomic E-state index is 0.484. The third-order valence-corrected chi connectivity index (χ3v) is 3.26. The van der Waals surface area contributed by atoms with Crippen LogP contribution in [-0.2, 0) is 12.8 Å². The molecule has 1 aromatic heterocycles. The van der Waals surface area contributed by atoms with Crippen LogP contribution in [-0.4, -0.2) is 4.98 Å². The van der Waals surface area contributed by atoms with Gasteiger partial charge in [0.15, 0.2) is 0 Å². The number of benzene rings is 1. The van der Waals surface area contributed by atoms with Crippen LogP contribution in [0.15, 0.2) is 36.5 Å². The highest BCUT2D eigenvalue weighted by atomic mass is 35.5. The number of halogens is 1. The fraction of sp³-hybridized carbons (Fsp3) is 0.235. The average Bonchev–Trinajstić information content (AvgIpc) is 2.55. The summed E-state index contributed by atoms with van der Waals surface area (Å²) in [5.74, 6) is 0. The SMILES string of the molecule is CCc1ccc(C#N)cc1Cl.CCc1ccc(C#N)nc1. The van der Waals surface area contributed by atoms with E-state index in [0.29, 0.717) is 16.3 Å². The van der Waals surface area contributed by atoms with E-state index >= 15 is 0 Å². The van der Waals surface area contributed by atoms with Crippen molar-refractivity contribution in [1.29, 1.82) is 10.5 Å². The lowest BCUT2D eigenvalue weighted by atomic mass is 10.1. The smallest absolute Gasteiger partial charge is 0.140 e. The van der Waals surface area contributed by atoms with Crippen LogP contribution in [0.1, 0.15) is 36.2 Å². The molecule has 0 aliphatic heterocycles. The molecule has 3 nitrogen and oxygen atoms in total. The van der Waals surface area contributed by atoms with E-state index in [4.69, 9.17) is 22.1 Å². The van der Waals surface area contributed by atoms with Gasteiger partial charge in [0.2, 0.25) is 0 Å². The molecular weight excluding hydrogens is 282 g/mol. The summed E-state index contributed by atoms with van der Waals surface area (Å²) in [6.45, 7) is 4.09. The van der Waals surface area contributed by atoms with Gasteiger partial charge in [0.05, 0.1) is 11.6 Å². The lowest BCUT2D eigenvalue weighted by Gasteiger charge is -1.98. The molecule has 1 heterocycles. The largest absolute Gasteiger partial charge is 0.245 e. The lowest BCUT2D eigenvalue weighted by molar-refractivity contribution is 1.09. The van der Waals surface area contributed by atoms with Gasteiger partial charge in [0.1, 0.15) is 11.8 Å². The summed E-state index contributed by atoms with van der Waals surface area (Å²) in [5, 5.41) is 17.6. The maximum Gasteiger partial charge on any atom is 0.140 e. The Morgan fingerprint density at radius 3 is 2.24 bits per heavy atom. The van der Waals surface area contributed by atoms with Crippen molar-refractivity contribution >= 4 is 11.6 Å². The van der Waals surface area contributed by atoms with E-state index in [0.717, 1.165) is 18.4 Å². The molecule has 0 fully saturated rings. The number of rotatable bonds is 2. The molecule has 0 saturated heterocycles. The maximum atomic E-state index is 8.52. The lowest BCUT2D eigenvalue weighted by Crippen LogP contribution is -1.84. The predicted molar refractivity (Wildman–Crippen MR) is 83.9 cm³/mol. The minimum Gasteiger partial charge on any atom is -0.245 e. The Labute approximate surface area is 130 Å². The van der Waals surface area contributed by atoms with Crippen LogP contribution in [0, 0.1) is 22.7 Å². The molecule has 0 N–H and O–H groups in total. The van der Waals surface area contributed by atoms with Crippen LogP contribution in [0.5, 0.6) is 0 Å². The van der Waals surface area contributed by atoms with Crippen molar-refractivity contribution < 1.29 is 0 Å². The molecule has 0 unspecified atom stereocenters. The molecule has 0 radical (unpaired) electrons. The third-order valence-electron chi connectivity index (χ3n) is 2.91. The molecule has 4 heteroatoms. The van der Waals surface area contributed by atoms with E-state index in [2.05, 4.69) is 11.9 Å². The van der Waals surface area contributed by atoms with E-state index in [1.807, 2.05) is 31.2 Å². The maximum absolute atomic E-state index is 8.52. The molecule has 2 aromatic rings. The Balaban J connectivity index is 0.000000211.